The fourth-order valence-electron chi connectivity index (χ4n) is 4.10. The third-order valence-corrected chi connectivity index (χ3v) is 6.24. The Morgan fingerprint density at radius 1 is 1.27 bits per heavy atom. The standard InChI is InChI=1S/C21H17F4N5O2S/c1-27-17(31)13-4-3-11(8-15(13)22)30-19(33)29(18(32)20(30)5-2-6-20)12-7-14(21(23,24)25)16(9-26)28-10-12/h3-4,7-10,26H,2,5-6H2,1H3,(H,27,31). The molecule has 2 heterocycles. The minimum absolute atomic E-state index is 0.121. The molecule has 12 heteroatoms. The van der Waals surface area contributed by atoms with E-state index in [9.17, 15) is 27.2 Å². The van der Waals surface area contributed by atoms with Crippen LogP contribution in [0.3, 0.4) is 0 Å². The van der Waals surface area contributed by atoms with Crippen LogP contribution in [-0.4, -0.2) is 40.7 Å². The van der Waals surface area contributed by atoms with Crippen LogP contribution in [0.5, 0.6) is 0 Å². The highest BCUT2D eigenvalue weighted by molar-refractivity contribution is 7.81. The van der Waals surface area contributed by atoms with Gasteiger partial charge >= 0.3 is 6.18 Å². The van der Waals surface area contributed by atoms with Gasteiger partial charge in [0, 0.05) is 18.9 Å². The zero-order valence-electron chi connectivity index (χ0n) is 17.2. The number of halogens is 4. The second-order valence-corrected chi connectivity index (χ2v) is 8.02. The lowest BCUT2D eigenvalue weighted by molar-refractivity contribution is -0.138. The predicted molar refractivity (Wildman–Crippen MR) is 116 cm³/mol. The number of hydrogen-bond donors (Lipinski definition) is 2. The molecule has 1 aromatic heterocycles. The Balaban J connectivity index is 1.80. The predicted octanol–water partition coefficient (Wildman–Crippen LogP) is 3.66. The molecule has 4 rings (SSSR count). The zero-order chi connectivity index (χ0) is 24.1. The molecule has 0 atom stereocenters. The summed E-state index contributed by atoms with van der Waals surface area (Å²) in [6.45, 7) is 0. The smallest absolute Gasteiger partial charge is 0.355 e. The van der Waals surface area contributed by atoms with Crippen LogP contribution >= 0.6 is 12.2 Å². The van der Waals surface area contributed by atoms with Crippen molar-refractivity contribution in [2.75, 3.05) is 16.8 Å². The van der Waals surface area contributed by atoms with Gasteiger partial charge in [0.05, 0.1) is 28.7 Å². The summed E-state index contributed by atoms with van der Waals surface area (Å²) in [7, 11) is 1.36. The van der Waals surface area contributed by atoms with Crippen molar-refractivity contribution in [1.29, 1.82) is 5.41 Å². The van der Waals surface area contributed by atoms with Crippen molar-refractivity contribution >= 4 is 46.7 Å². The molecule has 1 spiro atoms. The van der Waals surface area contributed by atoms with E-state index in [0.29, 0.717) is 25.5 Å². The Morgan fingerprint density at radius 3 is 2.48 bits per heavy atom. The number of nitrogens with zero attached hydrogens (tertiary/aromatic N) is 3. The summed E-state index contributed by atoms with van der Waals surface area (Å²) in [4.78, 5) is 31.3. The van der Waals surface area contributed by atoms with Crippen LogP contribution in [0.25, 0.3) is 0 Å². The van der Waals surface area contributed by atoms with Crippen LogP contribution in [0.4, 0.5) is 28.9 Å². The van der Waals surface area contributed by atoms with Gasteiger partial charge in [0.15, 0.2) is 5.11 Å². The number of thiocarbonyl (C=S) groups is 1. The Labute approximate surface area is 190 Å². The van der Waals surface area contributed by atoms with Crippen LogP contribution in [0, 0.1) is 11.2 Å². The van der Waals surface area contributed by atoms with Gasteiger partial charge in [-0.3, -0.25) is 19.5 Å². The number of carbonyl (C=O) groups is 2. The van der Waals surface area contributed by atoms with E-state index < -0.39 is 40.6 Å². The lowest BCUT2D eigenvalue weighted by atomic mass is 9.75. The molecule has 1 aliphatic carbocycles. The summed E-state index contributed by atoms with van der Waals surface area (Å²) in [5.74, 6) is -1.99. The van der Waals surface area contributed by atoms with Crippen LogP contribution in [-0.2, 0) is 11.0 Å². The van der Waals surface area contributed by atoms with Crippen LogP contribution < -0.4 is 15.1 Å². The van der Waals surface area contributed by atoms with E-state index in [1.165, 1.54) is 24.1 Å². The number of amides is 2. The number of anilines is 2. The Bertz CT molecular complexity index is 1200. The van der Waals surface area contributed by atoms with Gasteiger partial charge in [0.1, 0.15) is 11.4 Å². The number of benzene rings is 1. The molecule has 2 amide bonds. The molecule has 0 radical (unpaired) electrons. The lowest BCUT2D eigenvalue weighted by Gasteiger charge is -2.43. The molecule has 2 fully saturated rings. The first-order valence-corrected chi connectivity index (χ1v) is 10.2. The van der Waals surface area contributed by atoms with E-state index in [1.807, 2.05) is 0 Å². The van der Waals surface area contributed by atoms with Crippen molar-refractivity contribution in [3.8, 4) is 0 Å². The average Bonchev–Trinajstić information content (AvgIpc) is 2.98. The van der Waals surface area contributed by atoms with Crippen molar-refractivity contribution in [3.05, 3.63) is 53.1 Å². The minimum Gasteiger partial charge on any atom is -0.355 e. The highest BCUT2D eigenvalue weighted by atomic mass is 32.1. The monoisotopic (exact) mass is 479 g/mol. The first kappa shape index (κ1) is 22.8. The van der Waals surface area contributed by atoms with E-state index in [0.717, 1.165) is 23.2 Å². The minimum atomic E-state index is -4.80. The highest BCUT2D eigenvalue weighted by Crippen LogP contribution is 2.48. The quantitative estimate of drug-likeness (QED) is 0.397. The maximum Gasteiger partial charge on any atom is 0.418 e. The van der Waals surface area contributed by atoms with Gasteiger partial charge in [0.25, 0.3) is 11.8 Å². The highest BCUT2D eigenvalue weighted by Gasteiger charge is 2.59. The zero-order valence-corrected chi connectivity index (χ0v) is 18.0. The fourth-order valence-corrected chi connectivity index (χ4v) is 4.57. The molecule has 0 bridgehead atoms. The van der Waals surface area contributed by atoms with E-state index in [2.05, 4.69) is 10.3 Å². The molecular formula is C21H17F4N5O2S. The van der Waals surface area contributed by atoms with Crippen molar-refractivity contribution in [2.45, 2.75) is 31.0 Å². The molecule has 7 nitrogen and oxygen atoms in total. The topological polar surface area (TPSA) is 89.4 Å². The van der Waals surface area contributed by atoms with Gasteiger partial charge in [-0.1, -0.05) is 0 Å². The maximum atomic E-state index is 14.6. The van der Waals surface area contributed by atoms with E-state index >= 15 is 0 Å². The first-order chi connectivity index (χ1) is 15.5. The molecule has 1 saturated heterocycles. The number of rotatable bonds is 4. The van der Waals surface area contributed by atoms with Crippen LogP contribution in [0.2, 0.25) is 0 Å². The Kier molecular flexibility index (Phi) is 5.43. The normalized spacial score (nSPS) is 17.4. The molecule has 1 aliphatic heterocycles. The summed E-state index contributed by atoms with van der Waals surface area (Å²) >= 11 is 5.48. The molecule has 33 heavy (non-hydrogen) atoms. The fraction of sp³-hybridized carbons (Fsp3) is 0.286. The van der Waals surface area contributed by atoms with Crippen molar-refractivity contribution in [3.63, 3.8) is 0 Å². The van der Waals surface area contributed by atoms with Gasteiger partial charge in [0.2, 0.25) is 0 Å². The summed E-state index contributed by atoms with van der Waals surface area (Å²) in [5, 5.41) is 9.39. The van der Waals surface area contributed by atoms with Gasteiger partial charge in [-0.2, -0.15) is 13.2 Å². The summed E-state index contributed by atoms with van der Waals surface area (Å²) in [5.41, 5.74) is -3.10. The largest absolute Gasteiger partial charge is 0.418 e. The summed E-state index contributed by atoms with van der Waals surface area (Å²) < 4.78 is 55.1. The second-order valence-electron chi connectivity index (χ2n) is 7.66. The number of alkyl halides is 3. The number of aromatic nitrogens is 1. The summed E-state index contributed by atoms with van der Waals surface area (Å²) in [6.07, 6.45) is -1.85. The number of hydrogen-bond acceptors (Lipinski definition) is 5. The lowest BCUT2D eigenvalue weighted by Crippen LogP contribution is -2.55. The first-order valence-electron chi connectivity index (χ1n) is 9.83. The van der Waals surface area contributed by atoms with E-state index in [1.54, 1.807) is 0 Å². The van der Waals surface area contributed by atoms with Gasteiger partial charge in [-0.25, -0.2) is 4.39 Å². The van der Waals surface area contributed by atoms with Crippen molar-refractivity contribution < 1.29 is 27.2 Å². The van der Waals surface area contributed by atoms with E-state index in [4.69, 9.17) is 17.6 Å². The third-order valence-electron chi connectivity index (χ3n) is 5.88. The molecule has 2 N–H and O–H groups in total. The van der Waals surface area contributed by atoms with Gasteiger partial charge in [-0.15, -0.1) is 0 Å². The Morgan fingerprint density at radius 2 is 1.97 bits per heavy atom. The van der Waals surface area contributed by atoms with Crippen LogP contribution in [0.1, 0.15) is 40.9 Å². The SMILES string of the molecule is CNC(=O)c1ccc(N2C(=S)N(c3cnc(C=N)c(C(F)(F)F)c3)C(=O)C23CCC3)cc1F. The van der Waals surface area contributed by atoms with E-state index in [-0.39, 0.29) is 22.1 Å². The van der Waals surface area contributed by atoms with Gasteiger partial charge in [-0.05, 0) is 55.7 Å². The second kappa shape index (κ2) is 7.87. The molecule has 0 unspecified atom stereocenters. The molecular weight excluding hydrogens is 462 g/mol. The average molecular weight is 479 g/mol. The molecule has 172 valence electrons. The van der Waals surface area contributed by atoms with Gasteiger partial charge < -0.3 is 15.6 Å². The number of carbonyl (C=O) groups excluding carboxylic acids is 2. The maximum absolute atomic E-state index is 14.6. The summed E-state index contributed by atoms with van der Waals surface area (Å²) in [6, 6.07) is 4.50. The molecule has 2 aromatic rings. The van der Waals surface area contributed by atoms with Crippen LogP contribution in [0.15, 0.2) is 30.5 Å². The number of nitrogens with one attached hydrogen (secondary N) is 2. The molecule has 1 aromatic carbocycles. The van der Waals surface area contributed by atoms with Crippen molar-refractivity contribution in [2.24, 2.45) is 0 Å². The molecule has 1 saturated carbocycles. The third kappa shape index (κ3) is 3.45. The van der Waals surface area contributed by atoms with Crippen molar-refractivity contribution in [1.82, 2.24) is 10.3 Å². The number of pyridine rings is 1. The molecule has 2 aliphatic rings. The Hall–Kier alpha value is -3.41.